The number of thioether (sulfide) groups is 1. The van der Waals surface area contributed by atoms with Crippen molar-refractivity contribution in [3.05, 3.63) is 51.9 Å². The molecule has 0 radical (unpaired) electrons. The molecule has 0 saturated heterocycles. The summed E-state index contributed by atoms with van der Waals surface area (Å²) in [5.74, 6) is -0.639. The van der Waals surface area contributed by atoms with Gasteiger partial charge < -0.3 is 4.74 Å². The van der Waals surface area contributed by atoms with Gasteiger partial charge in [-0.05, 0) is 31.0 Å². The zero-order valence-corrected chi connectivity index (χ0v) is 10.6. The van der Waals surface area contributed by atoms with Gasteiger partial charge in [0.15, 0.2) is 12.0 Å². The molecule has 3 rings (SSSR count). The summed E-state index contributed by atoms with van der Waals surface area (Å²) in [6.07, 6.45) is 3.82. The number of carbonyl (C=O) groups is 2. The summed E-state index contributed by atoms with van der Waals surface area (Å²) in [6.45, 7) is 0. The molecule has 5 heteroatoms. The normalized spacial score (nSPS) is 17.9. The van der Waals surface area contributed by atoms with E-state index < -0.39 is 11.8 Å². The Morgan fingerprint density at radius 3 is 3.00 bits per heavy atom. The van der Waals surface area contributed by atoms with E-state index >= 15 is 0 Å². The second-order valence-corrected chi connectivity index (χ2v) is 5.34. The largest absolute Gasteiger partial charge is 0.421 e. The van der Waals surface area contributed by atoms with Crippen LogP contribution in [0, 0.1) is 5.82 Å². The minimum Gasteiger partial charge on any atom is -0.421 e. The number of rotatable bonds is 1. The summed E-state index contributed by atoms with van der Waals surface area (Å²) in [4.78, 5) is 24.3. The van der Waals surface area contributed by atoms with Gasteiger partial charge in [0.2, 0.25) is 0 Å². The van der Waals surface area contributed by atoms with Gasteiger partial charge in [-0.2, -0.15) is 0 Å². The number of carbonyl (C=O) groups excluding carboxylic acids is 2. The SMILES string of the molecule is O=CC1=CCCC2=C1OC(=O)c1ccc(F)cc1S2. The van der Waals surface area contributed by atoms with Crippen molar-refractivity contribution in [2.45, 2.75) is 17.7 Å². The highest BCUT2D eigenvalue weighted by atomic mass is 32.2. The number of fused-ring (bicyclic) bond motifs is 1. The minimum absolute atomic E-state index is 0.313. The van der Waals surface area contributed by atoms with Crippen LogP contribution in [0.2, 0.25) is 0 Å². The molecule has 0 amide bonds. The summed E-state index contributed by atoms with van der Waals surface area (Å²) in [5, 5.41) is 0. The van der Waals surface area contributed by atoms with Gasteiger partial charge >= 0.3 is 5.97 Å². The molecule has 1 heterocycles. The van der Waals surface area contributed by atoms with E-state index in [9.17, 15) is 14.0 Å². The van der Waals surface area contributed by atoms with Crippen molar-refractivity contribution in [1.29, 1.82) is 0 Å². The zero-order valence-electron chi connectivity index (χ0n) is 9.81. The Morgan fingerprint density at radius 2 is 2.21 bits per heavy atom. The highest BCUT2D eigenvalue weighted by Crippen LogP contribution is 2.42. The molecule has 0 atom stereocenters. The first kappa shape index (κ1) is 12.2. The molecule has 0 N–H and O–H groups in total. The van der Waals surface area contributed by atoms with Crippen molar-refractivity contribution in [3.8, 4) is 0 Å². The lowest BCUT2D eigenvalue weighted by Crippen LogP contribution is -2.09. The van der Waals surface area contributed by atoms with Crippen LogP contribution in [0.5, 0.6) is 0 Å². The molecule has 0 bridgehead atoms. The van der Waals surface area contributed by atoms with Crippen LogP contribution in [-0.4, -0.2) is 12.3 Å². The lowest BCUT2D eigenvalue weighted by atomic mass is 10.1. The van der Waals surface area contributed by atoms with E-state index in [1.54, 1.807) is 6.08 Å². The fourth-order valence-electron chi connectivity index (χ4n) is 2.07. The van der Waals surface area contributed by atoms with E-state index in [0.29, 0.717) is 40.9 Å². The van der Waals surface area contributed by atoms with Crippen molar-refractivity contribution in [1.82, 2.24) is 0 Å². The number of allylic oxidation sites excluding steroid dienone is 3. The Hall–Kier alpha value is -1.88. The average molecular weight is 276 g/mol. The minimum atomic E-state index is -0.554. The molecule has 0 fully saturated rings. The molecular weight excluding hydrogens is 267 g/mol. The number of ether oxygens (including phenoxy) is 1. The Labute approximate surface area is 113 Å². The van der Waals surface area contributed by atoms with Gasteiger partial charge in [-0.3, -0.25) is 4.79 Å². The molecule has 2 aliphatic rings. The lowest BCUT2D eigenvalue weighted by Gasteiger charge is -2.14. The molecule has 0 unspecified atom stereocenters. The van der Waals surface area contributed by atoms with Crippen LogP contribution in [0.1, 0.15) is 23.2 Å². The molecule has 0 saturated carbocycles. The second-order valence-electron chi connectivity index (χ2n) is 4.20. The first-order chi connectivity index (χ1) is 9.19. The van der Waals surface area contributed by atoms with Crippen LogP contribution in [0.25, 0.3) is 0 Å². The number of hydrogen-bond acceptors (Lipinski definition) is 4. The van der Waals surface area contributed by atoms with Crippen molar-refractivity contribution >= 4 is 24.0 Å². The van der Waals surface area contributed by atoms with Crippen LogP contribution in [-0.2, 0) is 9.53 Å². The van der Waals surface area contributed by atoms with E-state index in [2.05, 4.69) is 0 Å². The van der Waals surface area contributed by atoms with E-state index in [0.717, 1.165) is 4.91 Å². The Morgan fingerprint density at radius 1 is 1.37 bits per heavy atom. The molecule has 1 aliphatic carbocycles. The van der Waals surface area contributed by atoms with Gasteiger partial charge in [-0.1, -0.05) is 17.8 Å². The Kier molecular flexibility index (Phi) is 2.98. The van der Waals surface area contributed by atoms with Crippen LogP contribution in [0.4, 0.5) is 4.39 Å². The second kappa shape index (κ2) is 4.66. The summed E-state index contributed by atoms with van der Waals surface area (Å²) in [7, 11) is 0. The molecule has 19 heavy (non-hydrogen) atoms. The van der Waals surface area contributed by atoms with Crippen molar-refractivity contribution < 1.29 is 18.7 Å². The first-order valence-electron chi connectivity index (χ1n) is 5.77. The first-order valence-corrected chi connectivity index (χ1v) is 6.59. The molecule has 1 aliphatic heterocycles. The van der Waals surface area contributed by atoms with Crippen LogP contribution < -0.4 is 0 Å². The lowest BCUT2D eigenvalue weighted by molar-refractivity contribution is -0.104. The summed E-state index contributed by atoms with van der Waals surface area (Å²) < 4.78 is 18.6. The van der Waals surface area contributed by atoms with E-state index in [1.807, 2.05) is 0 Å². The molecule has 0 spiro atoms. The van der Waals surface area contributed by atoms with Gasteiger partial charge in [0.05, 0.1) is 11.1 Å². The number of esters is 1. The molecular formula is C14H9FO3S. The Balaban J connectivity index is 2.11. The monoisotopic (exact) mass is 276 g/mol. The van der Waals surface area contributed by atoms with Gasteiger partial charge in [0.25, 0.3) is 0 Å². The molecule has 0 aromatic heterocycles. The highest BCUT2D eigenvalue weighted by molar-refractivity contribution is 8.03. The third-order valence-electron chi connectivity index (χ3n) is 2.97. The topological polar surface area (TPSA) is 43.4 Å². The van der Waals surface area contributed by atoms with Gasteiger partial charge in [0.1, 0.15) is 5.82 Å². The molecule has 3 nitrogen and oxygen atoms in total. The average Bonchev–Trinajstić information content (AvgIpc) is 2.53. The van der Waals surface area contributed by atoms with Gasteiger partial charge in [-0.15, -0.1) is 0 Å². The quantitative estimate of drug-likeness (QED) is 0.583. The van der Waals surface area contributed by atoms with Crippen molar-refractivity contribution in [2.75, 3.05) is 0 Å². The van der Waals surface area contributed by atoms with E-state index in [1.165, 1.54) is 30.0 Å². The number of hydrogen-bond donors (Lipinski definition) is 0. The van der Waals surface area contributed by atoms with E-state index in [-0.39, 0.29) is 0 Å². The molecule has 96 valence electrons. The van der Waals surface area contributed by atoms with Crippen LogP contribution in [0.3, 0.4) is 0 Å². The van der Waals surface area contributed by atoms with Crippen LogP contribution in [0.15, 0.2) is 45.4 Å². The third kappa shape index (κ3) is 2.10. The maximum atomic E-state index is 13.3. The van der Waals surface area contributed by atoms with E-state index in [4.69, 9.17) is 4.74 Å². The summed E-state index contributed by atoms with van der Waals surface area (Å²) >= 11 is 1.29. The fraction of sp³-hybridized carbons (Fsp3) is 0.143. The van der Waals surface area contributed by atoms with Crippen molar-refractivity contribution in [3.63, 3.8) is 0 Å². The summed E-state index contributed by atoms with van der Waals surface area (Å²) in [5.41, 5.74) is 0.710. The number of halogens is 1. The zero-order chi connectivity index (χ0) is 13.4. The standard InChI is InChI=1S/C14H9FO3S/c15-9-4-5-10-12(6-9)19-11-3-1-2-8(7-16)13(11)18-14(10)17/h2,4-7H,1,3H2. The number of aldehydes is 1. The maximum Gasteiger partial charge on any atom is 0.344 e. The smallest absolute Gasteiger partial charge is 0.344 e. The molecule has 1 aromatic carbocycles. The summed E-state index contributed by atoms with van der Waals surface area (Å²) in [6, 6.07) is 3.94. The van der Waals surface area contributed by atoms with Gasteiger partial charge in [-0.25, -0.2) is 9.18 Å². The third-order valence-corrected chi connectivity index (χ3v) is 4.16. The highest BCUT2D eigenvalue weighted by Gasteiger charge is 2.27. The van der Waals surface area contributed by atoms with Crippen LogP contribution >= 0.6 is 11.8 Å². The molecule has 1 aromatic rings. The predicted molar refractivity (Wildman–Crippen MR) is 68.1 cm³/mol. The maximum absolute atomic E-state index is 13.3. The number of benzene rings is 1. The van der Waals surface area contributed by atoms with Gasteiger partial charge in [0, 0.05) is 9.80 Å². The predicted octanol–water partition coefficient (Wildman–Crippen LogP) is 3.22. The fourth-order valence-corrected chi connectivity index (χ4v) is 3.24. The Bertz CT molecular complexity index is 646. The van der Waals surface area contributed by atoms with Crippen molar-refractivity contribution in [2.24, 2.45) is 0 Å².